The van der Waals surface area contributed by atoms with Gasteiger partial charge in [0, 0.05) is 24.3 Å². The molecule has 4 aliphatic carbocycles. The summed E-state index contributed by atoms with van der Waals surface area (Å²) < 4.78 is 13.4. The molecule has 9 heteroatoms. The minimum absolute atomic E-state index is 0.0131. The van der Waals surface area contributed by atoms with E-state index in [0.717, 1.165) is 24.8 Å². The van der Waals surface area contributed by atoms with Gasteiger partial charge in [0.2, 0.25) is 0 Å². The molecule has 0 bridgehead atoms. The second kappa shape index (κ2) is 9.24. The Hall–Kier alpha value is -3.62. The summed E-state index contributed by atoms with van der Waals surface area (Å²) in [5.41, 5.74) is 1.38. The lowest BCUT2D eigenvalue weighted by Gasteiger charge is -2.58. The number of ether oxygens (including phenoxy) is 2. The van der Waals surface area contributed by atoms with Crippen molar-refractivity contribution in [1.29, 1.82) is 0 Å². The first kappa shape index (κ1) is 25.6. The predicted molar refractivity (Wildman–Crippen MR) is 141 cm³/mol. The number of allylic oxidation sites excluding steroid dienone is 4. The average Bonchev–Trinajstić information content (AvgIpc) is 3.56. The number of hydrogen-bond acceptors (Lipinski definition) is 8. The zero-order chi connectivity index (χ0) is 27.5. The van der Waals surface area contributed by atoms with Crippen LogP contribution in [0.5, 0.6) is 5.75 Å². The van der Waals surface area contributed by atoms with Crippen LogP contribution in [0.3, 0.4) is 0 Å². The number of aromatic nitrogens is 4. The van der Waals surface area contributed by atoms with Crippen molar-refractivity contribution >= 4 is 17.5 Å². The van der Waals surface area contributed by atoms with Crippen molar-refractivity contribution in [2.75, 3.05) is 7.11 Å². The van der Waals surface area contributed by atoms with Gasteiger partial charge in [0.15, 0.2) is 5.78 Å². The number of carbonyl (C=O) groups is 3. The van der Waals surface area contributed by atoms with Crippen LogP contribution in [0.15, 0.2) is 48.3 Å². The molecule has 39 heavy (non-hydrogen) atoms. The van der Waals surface area contributed by atoms with Gasteiger partial charge in [-0.25, -0.2) is 9.48 Å². The summed E-state index contributed by atoms with van der Waals surface area (Å²) in [6.07, 6.45) is 10.8. The van der Waals surface area contributed by atoms with E-state index in [9.17, 15) is 14.4 Å². The van der Waals surface area contributed by atoms with E-state index in [1.54, 1.807) is 31.2 Å². The Bertz CT molecular complexity index is 1400. The van der Waals surface area contributed by atoms with Gasteiger partial charge in [0.1, 0.15) is 24.0 Å². The molecule has 4 aliphatic rings. The van der Waals surface area contributed by atoms with Crippen LogP contribution >= 0.6 is 0 Å². The van der Waals surface area contributed by atoms with Crippen molar-refractivity contribution in [3.05, 3.63) is 53.9 Å². The highest BCUT2D eigenvalue weighted by Crippen LogP contribution is 2.65. The Labute approximate surface area is 227 Å². The van der Waals surface area contributed by atoms with E-state index >= 15 is 0 Å². The molecule has 0 radical (unpaired) electrons. The predicted octanol–water partition coefficient (Wildman–Crippen LogP) is 4.32. The van der Waals surface area contributed by atoms with Crippen LogP contribution in [-0.2, 0) is 14.3 Å². The van der Waals surface area contributed by atoms with Gasteiger partial charge in [-0.05, 0) is 89.5 Å². The maximum absolute atomic E-state index is 13.8. The van der Waals surface area contributed by atoms with Gasteiger partial charge < -0.3 is 9.47 Å². The number of nitrogens with zero attached hydrogens (tertiary/aromatic N) is 4. The Morgan fingerprint density at radius 3 is 2.69 bits per heavy atom. The van der Waals surface area contributed by atoms with E-state index in [1.807, 2.05) is 0 Å². The van der Waals surface area contributed by atoms with E-state index in [0.29, 0.717) is 35.8 Å². The number of ketones is 2. The molecular weight excluding hydrogens is 496 g/mol. The van der Waals surface area contributed by atoms with Crippen LogP contribution in [0.25, 0.3) is 5.69 Å². The highest BCUT2D eigenvalue weighted by atomic mass is 16.5. The van der Waals surface area contributed by atoms with Gasteiger partial charge in [-0.2, -0.15) is 0 Å². The first-order valence-corrected chi connectivity index (χ1v) is 13.7. The van der Waals surface area contributed by atoms with Gasteiger partial charge in [-0.3, -0.25) is 9.59 Å². The fourth-order valence-corrected chi connectivity index (χ4v) is 8.31. The van der Waals surface area contributed by atoms with Gasteiger partial charge in [-0.1, -0.05) is 26.0 Å². The fraction of sp³-hybridized carbons (Fsp3) is 0.533. The molecule has 0 N–H and O–H groups in total. The van der Waals surface area contributed by atoms with E-state index in [4.69, 9.17) is 9.47 Å². The molecule has 1 heterocycles. The minimum atomic E-state index is -0.457. The molecule has 2 aromatic rings. The van der Waals surface area contributed by atoms with Crippen LogP contribution in [0.2, 0.25) is 0 Å². The zero-order valence-electron chi connectivity index (χ0n) is 22.8. The topological polar surface area (TPSA) is 113 Å². The lowest BCUT2D eigenvalue weighted by Crippen LogP contribution is -2.56. The van der Waals surface area contributed by atoms with E-state index in [2.05, 4.69) is 41.5 Å². The van der Waals surface area contributed by atoms with Gasteiger partial charge in [-0.15, -0.1) is 5.10 Å². The molecule has 0 saturated heterocycles. The van der Waals surface area contributed by atoms with Crippen molar-refractivity contribution in [2.45, 2.75) is 59.0 Å². The molecule has 0 aliphatic heterocycles. The van der Waals surface area contributed by atoms with Crippen LogP contribution in [0.4, 0.5) is 0 Å². The van der Waals surface area contributed by atoms with E-state index < -0.39 is 12.1 Å². The maximum atomic E-state index is 13.8. The van der Waals surface area contributed by atoms with Crippen molar-refractivity contribution in [3.8, 4) is 11.4 Å². The molecule has 1 aromatic heterocycles. The van der Waals surface area contributed by atoms with Crippen molar-refractivity contribution in [3.63, 3.8) is 0 Å². The summed E-state index contributed by atoms with van der Waals surface area (Å²) in [6, 6.07) is 5.09. The number of Topliss-reactive ketones (excluding diaryl/α,β-unsaturated/α-hetero) is 1. The lowest BCUT2D eigenvalue weighted by molar-refractivity contribution is -0.135. The van der Waals surface area contributed by atoms with E-state index in [1.165, 1.54) is 18.1 Å². The number of rotatable bonds is 5. The van der Waals surface area contributed by atoms with E-state index in [-0.39, 0.29) is 40.2 Å². The van der Waals surface area contributed by atoms with Gasteiger partial charge >= 0.3 is 5.97 Å². The third-order valence-electron chi connectivity index (χ3n) is 10.2. The second-order valence-corrected chi connectivity index (χ2v) is 12.1. The summed E-state index contributed by atoms with van der Waals surface area (Å²) in [4.78, 5) is 38.9. The Morgan fingerprint density at radius 2 is 1.97 bits per heavy atom. The van der Waals surface area contributed by atoms with Crippen molar-refractivity contribution in [2.24, 2.45) is 34.5 Å². The lowest BCUT2D eigenvalue weighted by atomic mass is 9.47. The number of benzene rings is 1. The molecule has 9 nitrogen and oxygen atoms in total. The van der Waals surface area contributed by atoms with Crippen LogP contribution in [0, 0.1) is 34.5 Å². The number of tetrazole rings is 1. The Morgan fingerprint density at radius 1 is 1.15 bits per heavy atom. The molecular formula is C30H34N4O5. The van der Waals surface area contributed by atoms with Crippen LogP contribution in [-0.4, -0.2) is 51.0 Å². The summed E-state index contributed by atoms with van der Waals surface area (Å²) in [7, 11) is 1.54. The average molecular weight is 531 g/mol. The number of methoxy groups -OCH3 is 1. The molecule has 7 atom stereocenters. The fourth-order valence-electron chi connectivity index (χ4n) is 8.31. The highest BCUT2D eigenvalue weighted by molar-refractivity contribution is 5.92. The van der Waals surface area contributed by atoms with Crippen molar-refractivity contribution in [1.82, 2.24) is 20.2 Å². The molecule has 204 valence electrons. The normalized spacial score (nSPS) is 34.9. The molecule has 0 spiro atoms. The zero-order valence-corrected chi connectivity index (χ0v) is 22.8. The molecule has 2 fully saturated rings. The summed E-state index contributed by atoms with van der Waals surface area (Å²) in [5, 5.41) is 11.3. The Balaban J connectivity index is 1.40. The number of esters is 1. The first-order chi connectivity index (χ1) is 18.6. The quantitative estimate of drug-likeness (QED) is 0.525. The highest BCUT2D eigenvalue weighted by Gasteiger charge is 2.63. The first-order valence-electron chi connectivity index (χ1n) is 13.7. The van der Waals surface area contributed by atoms with Crippen LogP contribution < -0.4 is 4.74 Å². The summed E-state index contributed by atoms with van der Waals surface area (Å²) in [6.45, 7) is 6.11. The SMILES string of the molecule is COc1cc(C(=O)O[C@H]2C[C@]3(C)[C@@H](C(C)=O)CC[C@H]3[C@@H]3C=CC4=CC(=O)CC[C@@]4(C)[C@@H]32)cc(-n2cnnn2)c1. The van der Waals surface area contributed by atoms with Gasteiger partial charge in [0.25, 0.3) is 0 Å². The molecule has 1 aromatic carbocycles. The second-order valence-electron chi connectivity index (χ2n) is 12.1. The standard InChI is InChI=1S/C30H34N4O5/c1-17(35)24-7-8-25-23-6-5-19-13-21(36)9-10-29(19,2)27(23)26(15-30(24,25)3)39-28(37)18-11-20(14-22(12-18)38-4)34-16-31-32-33-34/h5-6,11-14,16,23-27H,7-10,15H2,1-4H3/t23-,24+,25-,26-,27-,29+,30+/m0/s1. The number of hydrogen-bond donors (Lipinski definition) is 0. The molecule has 6 rings (SSSR count). The molecule has 0 unspecified atom stereocenters. The third-order valence-corrected chi connectivity index (χ3v) is 10.2. The smallest absolute Gasteiger partial charge is 0.338 e. The summed E-state index contributed by atoms with van der Waals surface area (Å²) >= 11 is 0. The monoisotopic (exact) mass is 530 g/mol. The largest absolute Gasteiger partial charge is 0.497 e. The third kappa shape index (κ3) is 4.05. The molecule has 2 saturated carbocycles. The minimum Gasteiger partial charge on any atom is -0.497 e. The van der Waals surface area contributed by atoms with Crippen molar-refractivity contribution < 1.29 is 23.9 Å². The Kier molecular flexibility index (Phi) is 6.08. The summed E-state index contributed by atoms with van der Waals surface area (Å²) in [5.74, 6) is 0.811. The molecule has 0 amide bonds. The van der Waals surface area contributed by atoms with Crippen LogP contribution in [0.1, 0.15) is 63.2 Å². The maximum Gasteiger partial charge on any atom is 0.338 e. The van der Waals surface area contributed by atoms with Gasteiger partial charge in [0.05, 0.1) is 18.4 Å². The number of fused-ring (bicyclic) bond motifs is 5. The number of carbonyl (C=O) groups excluding carboxylic acids is 3.